The second kappa shape index (κ2) is 9.31. The van der Waals surface area contributed by atoms with E-state index in [0.29, 0.717) is 5.56 Å². The number of pyridine rings is 1. The summed E-state index contributed by atoms with van der Waals surface area (Å²) in [6, 6.07) is 10.7. The van der Waals surface area contributed by atoms with Crippen molar-refractivity contribution in [2.45, 2.75) is 6.42 Å². The van der Waals surface area contributed by atoms with E-state index < -0.39 is 5.82 Å². The molecule has 0 spiro atoms. The Balaban J connectivity index is 1.62. The summed E-state index contributed by atoms with van der Waals surface area (Å²) in [5, 5.41) is 17.7. The van der Waals surface area contributed by atoms with Crippen LogP contribution in [-0.2, 0) is 6.42 Å². The second-order valence-corrected chi connectivity index (χ2v) is 8.04. The molecular weight excluding hydrogens is 501 g/mol. The van der Waals surface area contributed by atoms with Crippen molar-refractivity contribution in [2.75, 3.05) is 0 Å². The van der Waals surface area contributed by atoms with E-state index in [4.69, 9.17) is 60.8 Å². The van der Waals surface area contributed by atoms with Gasteiger partial charge in [-0.2, -0.15) is 5.26 Å². The van der Waals surface area contributed by atoms with Gasteiger partial charge in [0.2, 0.25) is 5.89 Å². The van der Waals surface area contributed by atoms with Gasteiger partial charge in [0.1, 0.15) is 10.9 Å². The summed E-state index contributed by atoms with van der Waals surface area (Å²) < 4.78 is 26.4. The summed E-state index contributed by atoms with van der Waals surface area (Å²) in [6.07, 6.45) is 1.36. The molecule has 11 heteroatoms. The topological polar surface area (TPSA) is 84.8 Å². The SMILES string of the molecule is N#Cc1cc(Cl)cc(Oc2c(Cl)ccc(Cc3nnc(-c4cnc(Cl)cc4Cl)o3)c2F)c1. The first-order valence-corrected chi connectivity index (χ1v) is 10.3. The first kappa shape index (κ1) is 22.3. The number of hydrogen-bond acceptors (Lipinski definition) is 6. The molecule has 0 amide bonds. The fraction of sp³-hybridized carbons (Fsp3) is 0.0476. The van der Waals surface area contributed by atoms with Crippen molar-refractivity contribution < 1.29 is 13.5 Å². The smallest absolute Gasteiger partial charge is 0.250 e. The fourth-order valence-corrected chi connectivity index (χ4v) is 3.63. The van der Waals surface area contributed by atoms with E-state index in [1.807, 2.05) is 6.07 Å². The highest BCUT2D eigenvalue weighted by Crippen LogP contribution is 2.36. The number of nitrogens with zero attached hydrogens (tertiary/aromatic N) is 4. The largest absolute Gasteiger partial charge is 0.453 e. The molecular formula is C21H9Cl4FN4O2. The average molecular weight is 510 g/mol. The molecule has 2 aromatic heterocycles. The Morgan fingerprint density at radius 3 is 2.59 bits per heavy atom. The molecule has 0 aliphatic heterocycles. The predicted octanol–water partition coefficient (Wildman–Crippen LogP) is 7.14. The molecule has 6 nitrogen and oxygen atoms in total. The highest BCUT2D eigenvalue weighted by atomic mass is 35.5. The van der Waals surface area contributed by atoms with Crippen LogP contribution in [0.4, 0.5) is 4.39 Å². The van der Waals surface area contributed by atoms with E-state index in [-0.39, 0.29) is 61.0 Å². The van der Waals surface area contributed by atoms with Gasteiger partial charge >= 0.3 is 0 Å². The Hall–Kier alpha value is -2.89. The average Bonchev–Trinajstić information content (AvgIpc) is 3.21. The zero-order valence-electron chi connectivity index (χ0n) is 15.7. The lowest BCUT2D eigenvalue weighted by Gasteiger charge is -2.11. The van der Waals surface area contributed by atoms with Gasteiger partial charge in [0.15, 0.2) is 11.6 Å². The van der Waals surface area contributed by atoms with Gasteiger partial charge in [0.25, 0.3) is 5.89 Å². The van der Waals surface area contributed by atoms with Crippen LogP contribution in [-0.4, -0.2) is 15.2 Å². The van der Waals surface area contributed by atoms with Crippen molar-refractivity contribution in [3.8, 4) is 29.0 Å². The third-order valence-corrected chi connectivity index (χ3v) is 5.24. The van der Waals surface area contributed by atoms with E-state index in [1.54, 1.807) is 0 Å². The zero-order chi connectivity index (χ0) is 22.8. The number of rotatable bonds is 5. The molecule has 0 saturated carbocycles. The summed E-state index contributed by atoms with van der Waals surface area (Å²) >= 11 is 24.0. The molecule has 0 fully saturated rings. The van der Waals surface area contributed by atoms with Gasteiger partial charge in [-0.15, -0.1) is 10.2 Å². The van der Waals surface area contributed by atoms with Crippen LogP contribution < -0.4 is 4.74 Å². The van der Waals surface area contributed by atoms with Crippen LogP contribution in [0.5, 0.6) is 11.5 Å². The molecule has 0 atom stereocenters. The lowest BCUT2D eigenvalue weighted by Crippen LogP contribution is -1.98. The molecule has 4 aromatic rings. The predicted molar refractivity (Wildman–Crippen MR) is 118 cm³/mol. The minimum absolute atomic E-state index is 0.0370. The van der Waals surface area contributed by atoms with Gasteiger partial charge in [0, 0.05) is 16.8 Å². The van der Waals surface area contributed by atoms with Crippen LogP contribution in [0.25, 0.3) is 11.5 Å². The lowest BCUT2D eigenvalue weighted by molar-refractivity contribution is 0.437. The number of benzene rings is 2. The van der Waals surface area contributed by atoms with Crippen molar-refractivity contribution in [1.29, 1.82) is 5.26 Å². The molecule has 0 unspecified atom stereocenters. The van der Waals surface area contributed by atoms with Crippen LogP contribution >= 0.6 is 46.4 Å². The normalized spacial score (nSPS) is 10.8. The summed E-state index contributed by atoms with van der Waals surface area (Å²) in [5.74, 6) is -0.533. The number of nitriles is 1. The van der Waals surface area contributed by atoms with Gasteiger partial charge in [-0.05, 0) is 30.3 Å². The lowest BCUT2D eigenvalue weighted by atomic mass is 10.1. The molecule has 2 heterocycles. The second-order valence-electron chi connectivity index (χ2n) is 6.40. The van der Waals surface area contributed by atoms with Crippen LogP contribution in [0.1, 0.15) is 17.0 Å². The monoisotopic (exact) mass is 508 g/mol. The first-order chi connectivity index (χ1) is 15.3. The molecule has 160 valence electrons. The summed E-state index contributed by atoms with van der Waals surface area (Å²) in [7, 11) is 0. The molecule has 0 bridgehead atoms. The maximum absolute atomic E-state index is 15.2. The minimum atomic E-state index is -0.720. The number of aromatic nitrogens is 3. The van der Waals surface area contributed by atoms with E-state index >= 15 is 4.39 Å². The van der Waals surface area contributed by atoms with Gasteiger partial charge in [-0.3, -0.25) is 0 Å². The fourth-order valence-electron chi connectivity index (χ4n) is 2.77. The Morgan fingerprint density at radius 2 is 1.84 bits per heavy atom. The van der Waals surface area contributed by atoms with Gasteiger partial charge in [0.05, 0.1) is 33.7 Å². The Kier molecular flexibility index (Phi) is 6.49. The van der Waals surface area contributed by atoms with Crippen LogP contribution in [0.2, 0.25) is 20.2 Å². The van der Waals surface area contributed by atoms with Gasteiger partial charge in [-0.1, -0.05) is 52.5 Å². The molecule has 2 aromatic carbocycles. The molecule has 0 N–H and O–H groups in total. The Labute approximate surface area is 201 Å². The minimum Gasteiger partial charge on any atom is -0.453 e. The summed E-state index contributed by atoms with van der Waals surface area (Å²) in [5.41, 5.74) is 0.848. The Bertz CT molecular complexity index is 1370. The Morgan fingerprint density at radius 1 is 1.03 bits per heavy atom. The third-order valence-electron chi connectivity index (χ3n) is 4.21. The molecule has 32 heavy (non-hydrogen) atoms. The van der Waals surface area contributed by atoms with Crippen molar-refractivity contribution >= 4 is 46.4 Å². The highest BCUT2D eigenvalue weighted by Gasteiger charge is 2.19. The number of hydrogen-bond donors (Lipinski definition) is 0. The molecule has 0 saturated heterocycles. The summed E-state index contributed by atoms with van der Waals surface area (Å²) in [4.78, 5) is 3.94. The molecule has 4 rings (SSSR count). The van der Waals surface area contributed by atoms with E-state index in [1.165, 1.54) is 42.6 Å². The van der Waals surface area contributed by atoms with Crippen LogP contribution in [0.15, 0.2) is 47.0 Å². The van der Waals surface area contributed by atoms with Gasteiger partial charge < -0.3 is 9.15 Å². The van der Waals surface area contributed by atoms with Gasteiger partial charge in [-0.25, -0.2) is 9.37 Å². The van der Waals surface area contributed by atoms with Crippen molar-refractivity contribution in [1.82, 2.24) is 15.2 Å². The zero-order valence-corrected chi connectivity index (χ0v) is 18.8. The van der Waals surface area contributed by atoms with Crippen molar-refractivity contribution in [3.63, 3.8) is 0 Å². The molecule has 0 radical (unpaired) electrons. The molecule has 0 aliphatic carbocycles. The maximum Gasteiger partial charge on any atom is 0.250 e. The standard InChI is InChI=1S/C21H9Cl4FN4O2/c22-12-3-10(8-27)4-13(6-12)31-20-15(23)2-1-11(19(20)26)5-18-29-30-21(32-18)14-9-28-17(25)7-16(14)24/h1-4,6-7,9H,5H2. The van der Waals surface area contributed by atoms with E-state index in [9.17, 15) is 0 Å². The number of ether oxygens (including phenoxy) is 1. The van der Waals surface area contributed by atoms with E-state index in [2.05, 4.69) is 15.2 Å². The van der Waals surface area contributed by atoms with Crippen molar-refractivity contribution in [3.05, 3.63) is 85.7 Å². The van der Waals surface area contributed by atoms with Crippen LogP contribution in [0, 0.1) is 17.1 Å². The highest BCUT2D eigenvalue weighted by molar-refractivity contribution is 6.35. The third kappa shape index (κ3) is 4.79. The van der Waals surface area contributed by atoms with E-state index in [0.717, 1.165) is 0 Å². The quantitative estimate of drug-likeness (QED) is 0.266. The number of halogens is 5. The van der Waals surface area contributed by atoms with Crippen molar-refractivity contribution in [2.24, 2.45) is 0 Å². The van der Waals surface area contributed by atoms with Crippen LogP contribution in [0.3, 0.4) is 0 Å². The first-order valence-electron chi connectivity index (χ1n) is 8.83. The maximum atomic E-state index is 15.2. The molecule has 0 aliphatic rings. The summed E-state index contributed by atoms with van der Waals surface area (Å²) in [6.45, 7) is 0.